The molecule has 4 saturated carbocycles. The summed E-state index contributed by atoms with van der Waals surface area (Å²) in [6, 6.07) is 32.9. The standard InChI is InChI=1S/C38H44O3Si/c1-27-24-32-33-18-19-36(37(33,2)22-21-34(32)38(26-39)23-20-28(40)25-35(27)38)41-42(29-12-6-3-7-13-29,30-14-8-4-9-15-30)31-16-10-5-11-17-31/h3-17,26-27,32-36H,18-25H2,1-2H3/t27-,32+,33+,34+,35-,36+,37+,38+/m1/s1. The lowest BCUT2D eigenvalue weighted by atomic mass is 9.43. The molecule has 0 radical (unpaired) electrons. The Balaban J connectivity index is 1.29. The summed E-state index contributed by atoms with van der Waals surface area (Å²) in [5, 5.41) is 3.89. The molecule has 4 aliphatic carbocycles. The highest BCUT2D eigenvalue weighted by Crippen LogP contribution is 2.67. The van der Waals surface area contributed by atoms with Crippen molar-refractivity contribution >= 4 is 35.9 Å². The van der Waals surface area contributed by atoms with Crippen LogP contribution in [-0.2, 0) is 14.0 Å². The Hall–Kier alpha value is -2.82. The zero-order valence-corrected chi connectivity index (χ0v) is 26.1. The molecule has 8 atom stereocenters. The van der Waals surface area contributed by atoms with Crippen LogP contribution >= 0.6 is 0 Å². The van der Waals surface area contributed by atoms with Crippen molar-refractivity contribution in [3.8, 4) is 0 Å². The van der Waals surface area contributed by atoms with Crippen LogP contribution < -0.4 is 15.6 Å². The Bertz CT molecular complexity index is 1330. The summed E-state index contributed by atoms with van der Waals surface area (Å²) in [5.41, 5.74) is -0.244. The summed E-state index contributed by atoms with van der Waals surface area (Å²) in [6.07, 6.45) is 8.97. The Morgan fingerprint density at radius 1 is 0.762 bits per heavy atom. The summed E-state index contributed by atoms with van der Waals surface area (Å²) >= 11 is 0. The van der Waals surface area contributed by atoms with Gasteiger partial charge in [0.2, 0.25) is 0 Å². The third kappa shape index (κ3) is 4.16. The van der Waals surface area contributed by atoms with Crippen LogP contribution in [0.3, 0.4) is 0 Å². The van der Waals surface area contributed by atoms with Gasteiger partial charge in [0.1, 0.15) is 12.1 Å². The summed E-state index contributed by atoms with van der Waals surface area (Å²) in [6.45, 7) is 4.84. The molecule has 0 unspecified atom stereocenters. The Labute approximate surface area is 252 Å². The Kier molecular flexibility index (Phi) is 7.14. The smallest absolute Gasteiger partial charge is 0.288 e. The van der Waals surface area contributed by atoms with Crippen LogP contribution in [0.5, 0.6) is 0 Å². The highest BCUT2D eigenvalue weighted by atomic mass is 28.4. The third-order valence-electron chi connectivity index (χ3n) is 12.4. The van der Waals surface area contributed by atoms with Crippen molar-refractivity contribution in [3.63, 3.8) is 0 Å². The first-order valence-electron chi connectivity index (χ1n) is 16.2. The van der Waals surface area contributed by atoms with Crippen LogP contribution in [0.4, 0.5) is 0 Å². The van der Waals surface area contributed by atoms with Crippen molar-refractivity contribution in [2.45, 2.75) is 71.3 Å². The maximum atomic E-state index is 13.0. The molecule has 42 heavy (non-hydrogen) atoms. The second-order valence-electron chi connectivity index (χ2n) is 14.2. The topological polar surface area (TPSA) is 43.4 Å². The van der Waals surface area contributed by atoms with E-state index in [9.17, 15) is 9.59 Å². The minimum atomic E-state index is -2.82. The lowest BCUT2D eigenvalue weighted by Crippen LogP contribution is -2.71. The van der Waals surface area contributed by atoms with Crippen LogP contribution in [-0.4, -0.2) is 26.5 Å². The van der Waals surface area contributed by atoms with Crippen LogP contribution in [0.2, 0.25) is 0 Å². The molecule has 0 heterocycles. The maximum Gasteiger partial charge on any atom is 0.288 e. The number of ketones is 1. The fourth-order valence-electron chi connectivity index (χ4n) is 10.5. The average Bonchev–Trinajstić information content (AvgIpc) is 3.37. The molecule has 3 nitrogen and oxygen atoms in total. The summed E-state index contributed by atoms with van der Waals surface area (Å²) in [5.74, 6) is 2.48. The molecule has 0 saturated heterocycles. The van der Waals surface area contributed by atoms with E-state index in [4.69, 9.17) is 4.43 Å². The number of benzene rings is 3. The van der Waals surface area contributed by atoms with Gasteiger partial charge in [-0.15, -0.1) is 0 Å². The van der Waals surface area contributed by atoms with Gasteiger partial charge in [-0.3, -0.25) is 4.79 Å². The second-order valence-corrected chi connectivity index (χ2v) is 17.5. The predicted molar refractivity (Wildman–Crippen MR) is 171 cm³/mol. The normalized spacial score (nSPS) is 36.0. The lowest BCUT2D eigenvalue weighted by molar-refractivity contribution is -0.162. The van der Waals surface area contributed by atoms with Crippen LogP contribution in [0, 0.1) is 40.4 Å². The molecule has 0 N–H and O–H groups in total. The van der Waals surface area contributed by atoms with Crippen molar-refractivity contribution < 1.29 is 14.0 Å². The van der Waals surface area contributed by atoms with E-state index in [1.807, 2.05) is 0 Å². The number of carbonyl (C=O) groups is 2. The van der Waals surface area contributed by atoms with Crippen molar-refractivity contribution in [1.82, 2.24) is 0 Å². The van der Waals surface area contributed by atoms with E-state index in [-0.39, 0.29) is 22.9 Å². The van der Waals surface area contributed by atoms with Crippen LogP contribution in [0.15, 0.2) is 91.0 Å². The van der Waals surface area contributed by atoms with E-state index >= 15 is 0 Å². The molecule has 3 aromatic rings. The van der Waals surface area contributed by atoms with Crippen molar-refractivity contribution in [2.75, 3.05) is 0 Å². The van der Waals surface area contributed by atoms with Gasteiger partial charge in [0, 0.05) is 18.3 Å². The minimum absolute atomic E-state index is 0.0683. The largest absolute Gasteiger partial charge is 0.401 e. The Morgan fingerprint density at radius 3 is 1.88 bits per heavy atom. The first kappa shape index (κ1) is 28.0. The van der Waals surface area contributed by atoms with Gasteiger partial charge in [-0.1, -0.05) is 105 Å². The van der Waals surface area contributed by atoms with Gasteiger partial charge in [-0.2, -0.15) is 0 Å². The van der Waals surface area contributed by atoms with E-state index in [0.717, 1.165) is 38.5 Å². The average molecular weight is 577 g/mol. The first-order chi connectivity index (χ1) is 20.4. The van der Waals surface area contributed by atoms with Gasteiger partial charge >= 0.3 is 0 Å². The van der Waals surface area contributed by atoms with Gasteiger partial charge in [-0.05, 0) is 89.1 Å². The molecule has 4 heteroatoms. The molecular formula is C38H44O3Si. The zero-order valence-electron chi connectivity index (χ0n) is 25.1. The number of fused-ring (bicyclic) bond motifs is 5. The third-order valence-corrected chi connectivity index (χ3v) is 16.5. The highest BCUT2D eigenvalue weighted by molar-refractivity contribution is 7.07. The van der Waals surface area contributed by atoms with Gasteiger partial charge in [-0.25, -0.2) is 0 Å². The van der Waals surface area contributed by atoms with Gasteiger partial charge < -0.3 is 9.22 Å². The highest BCUT2D eigenvalue weighted by Gasteiger charge is 2.64. The second kappa shape index (κ2) is 10.7. The molecule has 4 aliphatic rings. The van der Waals surface area contributed by atoms with Gasteiger partial charge in [0.05, 0.1) is 6.10 Å². The van der Waals surface area contributed by atoms with E-state index in [1.54, 1.807) is 0 Å². The first-order valence-corrected chi connectivity index (χ1v) is 18.2. The number of hydrogen-bond donors (Lipinski definition) is 0. The van der Waals surface area contributed by atoms with Crippen LogP contribution in [0.1, 0.15) is 65.2 Å². The van der Waals surface area contributed by atoms with E-state index in [0.29, 0.717) is 42.3 Å². The fraction of sp³-hybridized carbons (Fsp3) is 0.474. The van der Waals surface area contributed by atoms with E-state index in [1.165, 1.54) is 21.8 Å². The molecule has 0 aromatic heterocycles. The molecule has 0 aliphatic heterocycles. The SMILES string of the molecule is C[C@@H]1C[C@H]2[C@@H]3CC[C@H](O[Si](c4ccccc4)(c4ccccc4)c4ccccc4)[C@@]3(C)CC[C@@H]2[C@@]2(C=O)CCC(=O)C[C@H]12. The lowest BCUT2D eigenvalue weighted by Gasteiger charge is -2.61. The fourth-order valence-corrected chi connectivity index (χ4v) is 14.7. The number of rotatable bonds is 6. The minimum Gasteiger partial charge on any atom is -0.401 e. The van der Waals surface area contributed by atoms with Crippen molar-refractivity contribution in [3.05, 3.63) is 91.0 Å². The van der Waals surface area contributed by atoms with Crippen LogP contribution in [0.25, 0.3) is 0 Å². The zero-order chi connectivity index (χ0) is 29.0. The molecule has 4 fully saturated rings. The number of hydrogen-bond acceptors (Lipinski definition) is 3. The number of carbonyl (C=O) groups excluding carboxylic acids is 2. The maximum absolute atomic E-state index is 13.0. The molecule has 3 aromatic carbocycles. The summed E-state index contributed by atoms with van der Waals surface area (Å²) in [7, 11) is -2.82. The molecule has 0 bridgehead atoms. The van der Waals surface area contributed by atoms with Gasteiger partial charge in [0.25, 0.3) is 8.32 Å². The number of Topliss-reactive ketones (excluding diaryl/α,β-unsaturated/α-hetero) is 1. The number of aldehydes is 1. The van der Waals surface area contributed by atoms with E-state index in [2.05, 4.69) is 105 Å². The summed E-state index contributed by atoms with van der Waals surface area (Å²) < 4.78 is 7.83. The summed E-state index contributed by atoms with van der Waals surface area (Å²) in [4.78, 5) is 25.5. The quantitative estimate of drug-likeness (QED) is 0.203. The van der Waals surface area contributed by atoms with Gasteiger partial charge in [0.15, 0.2) is 0 Å². The molecule has 0 spiro atoms. The molecular weight excluding hydrogens is 533 g/mol. The van der Waals surface area contributed by atoms with Crippen molar-refractivity contribution in [2.24, 2.45) is 40.4 Å². The predicted octanol–water partition coefficient (Wildman–Crippen LogP) is 6.08. The Morgan fingerprint density at radius 2 is 1.33 bits per heavy atom. The monoisotopic (exact) mass is 576 g/mol. The molecule has 0 amide bonds. The molecule has 218 valence electrons. The molecule has 7 rings (SSSR count). The van der Waals surface area contributed by atoms with E-state index < -0.39 is 8.32 Å². The van der Waals surface area contributed by atoms with Crippen molar-refractivity contribution in [1.29, 1.82) is 0 Å².